The Morgan fingerprint density at radius 2 is 1.86 bits per heavy atom. The summed E-state index contributed by atoms with van der Waals surface area (Å²) in [6.45, 7) is 3.80. The molecule has 0 spiro atoms. The average molecular weight is 307 g/mol. The van der Waals surface area contributed by atoms with Crippen molar-refractivity contribution in [3.63, 3.8) is 0 Å². The van der Waals surface area contributed by atoms with E-state index in [0.29, 0.717) is 5.56 Å². The summed E-state index contributed by atoms with van der Waals surface area (Å²) in [4.78, 5) is 11.9. The van der Waals surface area contributed by atoms with Gasteiger partial charge in [0, 0.05) is 13.2 Å². The normalized spacial score (nSPS) is 11.4. The maximum absolute atomic E-state index is 12.1. The second-order valence-electron chi connectivity index (χ2n) is 5.03. The first-order valence-electron chi connectivity index (χ1n) is 6.37. The van der Waals surface area contributed by atoms with Crippen LogP contribution in [0.1, 0.15) is 27.2 Å². The molecular weight excluding hydrogens is 290 g/mol. The Balaban J connectivity index is 2.15. The lowest BCUT2D eigenvalue weighted by atomic mass is 10.1. The number of sulfonamides is 1. The number of rotatable bonds is 4. The second kappa shape index (κ2) is 5.69. The standard InChI is InChI=1S/C14H17N3O3S/c1-10-6-11(2)8-12(7-10)9-21(19,20)16-14(18)13-4-5-15-17(13)3/h4-8H,9H2,1-3H3,(H,16,18). The van der Waals surface area contributed by atoms with E-state index in [1.165, 1.54) is 16.9 Å². The van der Waals surface area contributed by atoms with Gasteiger partial charge in [-0.15, -0.1) is 0 Å². The first-order chi connectivity index (χ1) is 9.77. The fourth-order valence-corrected chi connectivity index (χ4v) is 3.26. The maximum Gasteiger partial charge on any atom is 0.282 e. The third-order valence-electron chi connectivity index (χ3n) is 2.94. The van der Waals surface area contributed by atoms with Crippen molar-refractivity contribution in [3.8, 4) is 0 Å². The van der Waals surface area contributed by atoms with Crippen LogP contribution < -0.4 is 4.72 Å². The molecule has 0 radical (unpaired) electrons. The van der Waals surface area contributed by atoms with Crippen LogP contribution in [-0.2, 0) is 22.8 Å². The van der Waals surface area contributed by atoms with Gasteiger partial charge < -0.3 is 0 Å². The Kier molecular flexibility index (Phi) is 4.13. The largest absolute Gasteiger partial charge is 0.282 e. The van der Waals surface area contributed by atoms with E-state index in [1.807, 2.05) is 19.9 Å². The quantitative estimate of drug-likeness (QED) is 0.923. The molecule has 2 rings (SSSR count). The minimum absolute atomic E-state index is 0.194. The van der Waals surface area contributed by atoms with Crippen LogP contribution in [0.15, 0.2) is 30.5 Å². The Hall–Kier alpha value is -2.15. The molecule has 1 N–H and O–H groups in total. The zero-order valence-corrected chi connectivity index (χ0v) is 12.9. The molecule has 2 aromatic rings. The fraction of sp³-hybridized carbons (Fsp3) is 0.286. The highest BCUT2D eigenvalue weighted by Gasteiger charge is 2.19. The molecule has 1 heterocycles. The predicted octanol–water partition coefficient (Wildman–Crippen LogP) is 1.30. The van der Waals surface area contributed by atoms with E-state index in [9.17, 15) is 13.2 Å². The monoisotopic (exact) mass is 307 g/mol. The van der Waals surface area contributed by atoms with Crippen LogP contribution >= 0.6 is 0 Å². The summed E-state index contributed by atoms with van der Waals surface area (Å²) in [5.74, 6) is -0.918. The van der Waals surface area contributed by atoms with Crippen LogP contribution in [-0.4, -0.2) is 24.1 Å². The van der Waals surface area contributed by atoms with Crippen molar-refractivity contribution in [1.82, 2.24) is 14.5 Å². The van der Waals surface area contributed by atoms with Crippen LogP contribution in [0.25, 0.3) is 0 Å². The smallest absolute Gasteiger partial charge is 0.266 e. The SMILES string of the molecule is Cc1cc(C)cc(CS(=O)(=O)NC(=O)c2ccnn2C)c1. The highest BCUT2D eigenvalue weighted by molar-refractivity contribution is 7.89. The summed E-state index contributed by atoms with van der Waals surface area (Å²) >= 11 is 0. The van der Waals surface area contributed by atoms with Gasteiger partial charge in [-0.05, 0) is 25.5 Å². The minimum atomic E-state index is -3.75. The maximum atomic E-state index is 12.1. The van der Waals surface area contributed by atoms with E-state index in [0.717, 1.165) is 11.1 Å². The van der Waals surface area contributed by atoms with Gasteiger partial charge in [-0.25, -0.2) is 13.1 Å². The van der Waals surface area contributed by atoms with Gasteiger partial charge in [0.15, 0.2) is 0 Å². The molecule has 0 bridgehead atoms. The molecule has 0 atom stereocenters. The molecule has 0 saturated carbocycles. The van der Waals surface area contributed by atoms with E-state index >= 15 is 0 Å². The Labute approximate surface area is 123 Å². The van der Waals surface area contributed by atoms with Crippen LogP contribution in [0.5, 0.6) is 0 Å². The van der Waals surface area contributed by atoms with Gasteiger partial charge in [0.1, 0.15) is 5.69 Å². The van der Waals surface area contributed by atoms with Crippen LogP contribution in [0.4, 0.5) is 0 Å². The zero-order valence-electron chi connectivity index (χ0n) is 12.1. The number of hydrogen-bond donors (Lipinski definition) is 1. The van der Waals surface area contributed by atoms with E-state index in [-0.39, 0.29) is 11.4 Å². The van der Waals surface area contributed by atoms with Crippen molar-refractivity contribution in [3.05, 3.63) is 52.8 Å². The number of amides is 1. The molecule has 0 saturated heterocycles. The number of carbonyl (C=O) groups is 1. The number of hydrogen-bond acceptors (Lipinski definition) is 4. The number of aryl methyl sites for hydroxylation is 3. The van der Waals surface area contributed by atoms with Crippen LogP contribution in [0.3, 0.4) is 0 Å². The van der Waals surface area contributed by atoms with Gasteiger partial charge in [-0.1, -0.05) is 29.3 Å². The summed E-state index contributed by atoms with van der Waals surface area (Å²) in [5.41, 5.74) is 2.81. The number of benzene rings is 1. The summed E-state index contributed by atoms with van der Waals surface area (Å²) in [5, 5.41) is 3.84. The number of aromatic nitrogens is 2. The highest BCUT2D eigenvalue weighted by Crippen LogP contribution is 2.12. The number of nitrogens with zero attached hydrogens (tertiary/aromatic N) is 2. The molecule has 1 aromatic carbocycles. The topological polar surface area (TPSA) is 81.1 Å². The van der Waals surface area contributed by atoms with Crippen molar-refractivity contribution >= 4 is 15.9 Å². The lowest BCUT2D eigenvalue weighted by Gasteiger charge is -2.08. The van der Waals surface area contributed by atoms with E-state index in [1.54, 1.807) is 19.2 Å². The van der Waals surface area contributed by atoms with Crippen LogP contribution in [0, 0.1) is 13.8 Å². The third-order valence-corrected chi connectivity index (χ3v) is 4.15. The van der Waals surface area contributed by atoms with Gasteiger partial charge in [0.05, 0.1) is 5.75 Å². The molecule has 0 aliphatic rings. The molecule has 6 nitrogen and oxygen atoms in total. The van der Waals surface area contributed by atoms with Crippen molar-refractivity contribution in [2.75, 3.05) is 0 Å². The van der Waals surface area contributed by atoms with Crippen molar-refractivity contribution in [1.29, 1.82) is 0 Å². The summed E-state index contributed by atoms with van der Waals surface area (Å²) in [6.07, 6.45) is 1.44. The van der Waals surface area contributed by atoms with Gasteiger partial charge in [-0.2, -0.15) is 5.10 Å². The Morgan fingerprint density at radius 3 is 2.38 bits per heavy atom. The minimum Gasteiger partial charge on any atom is -0.266 e. The first kappa shape index (κ1) is 15.2. The molecule has 0 aliphatic carbocycles. The van der Waals surface area contributed by atoms with Crippen molar-refractivity contribution < 1.29 is 13.2 Å². The van der Waals surface area contributed by atoms with Crippen molar-refractivity contribution in [2.45, 2.75) is 19.6 Å². The highest BCUT2D eigenvalue weighted by atomic mass is 32.2. The third kappa shape index (κ3) is 3.91. The molecule has 112 valence electrons. The zero-order chi connectivity index (χ0) is 15.6. The van der Waals surface area contributed by atoms with E-state index < -0.39 is 15.9 Å². The van der Waals surface area contributed by atoms with Crippen LogP contribution in [0.2, 0.25) is 0 Å². The summed E-state index contributed by atoms with van der Waals surface area (Å²) in [7, 11) is -2.18. The van der Waals surface area contributed by atoms with Crippen molar-refractivity contribution in [2.24, 2.45) is 7.05 Å². The lowest BCUT2D eigenvalue weighted by molar-refractivity contribution is 0.0972. The molecule has 0 fully saturated rings. The first-order valence-corrected chi connectivity index (χ1v) is 8.02. The molecule has 21 heavy (non-hydrogen) atoms. The molecule has 0 aliphatic heterocycles. The molecule has 1 amide bonds. The lowest BCUT2D eigenvalue weighted by Crippen LogP contribution is -2.32. The van der Waals surface area contributed by atoms with Gasteiger partial charge in [0.25, 0.3) is 5.91 Å². The summed E-state index contributed by atoms with van der Waals surface area (Å²) in [6, 6.07) is 7.01. The van der Waals surface area contributed by atoms with Gasteiger partial charge >= 0.3 is 0 Å². The van der Waals surface area contributed by atoms with Gasteiger partial charge in [0.2, 0.25) is 10.0 Å². The number of nitrogens with one attached hydrogen (secondary N) is 1. The molecular formula is C14H17N3O3S. The number of carbonyl (C=O) groups excluding carboxylic acids is 1. The van der Waals surface area contributed by atoms with E-state index in [2.05, 4.69) is 9.82 Å². The van der Waals surface area contributed by atoms with E-state index in [4.69, 9.17) is 0 Å². The second-order valence-corrected chi connectivity index (χ2v) is 6.75. The Morgan fingerprint density at radius 1 is 1.24 bits per heavy atom. The summed E-state index contributed by atoms with van der Waals surface area (Å²) < 4.78 is 27.5. The molecule has 0 unspecified atom stereocenters. The fourth-order valence-electron chi connectivity index (χ4n) is 2.20. The van der Waals surface area contributed by atoms with Gasteiger partial charge in [-0.3, -0.25) is 9.48 Å². The Bertz CT molecular complexity index is 758. The molecule has 1 aromatic heterocycles. The molecule has 7 heteroatoms. The average Bonchev–Trinajstić information content (AvgIpc) is 2.72. The predicted molar refractivity (Wildman–Crippen MR) is 79.2 cm³/mol.